The summed E-state index contributed by atoms with van der Waals surface area (Å²) < 4.78 is 11.6. The molecule has 0 fully saturated rings. The molecule has 0 bridgehead atoms. The number of carbonyl (C=O) groups excluding carboxylic acids is 2. The molecule has 0 saturated carbocycles. The molecule has 0 atom stereocenters. The molecule has 206 valence electrons. The van der Waals surface area contributed by atoms with E-state index in [-0.39, 0.29) is 41.7 Å². The number of Topliss-reactive ketones (excluding diaryl/α,β-unsaturated/α-hetero) is 1. The van der Waals surface area contributed by atoms with Crippen molar-refractivity contribution in [2.45, 2.75) is 73.5 Å². The second-order valence-corrected chi connectivity index (χ2v) is 10.8. The zero-order valence-electron chi connectivity index (χ0n) is 23.9. The van der Waals surface area contributed by atoms with E-state index in [0.29, 0.717) is 54.2 Å². The number of rotatable bonds is 10. The fourth-order valence-corrected chi connectivity index (χ4v) is 4.64. The Kier molecular flexibility index (Phi) is 8.75. The Morgan fingerprint density at radius 2 is 1.74 bits per heavy atom. The molecule has 2 N–H and O–H groups in total. The SMILES string of the molecule is CCOc1cc2c(cc1C(=O)N(CC)CC)C(=N)N(CC(=O)c1cc(OC(C)C)c(O)c(C(C)(C)C)c1)C2. The monoisotopic (exact) mass is 523 g/mol. The van der Waals surface area contributed by atoms with Gasteiger partial charge in [-0.3, -0.25) is 15.0 Å². The molecule has 38 heavy (non-hydrogen) atoms. The topological polar surface area (TPSA) is 103 Å². The van der Waals surface area contributed by atoms with Gasteiger partial charge in [0.2, 0.25) is 0 Å². The summed E-state index contributed by atoms with van der Waals surface area (Å²) in [6.45, 7) is 17.2. The number of hydrogen-bond acceptors (Lipinski definition) is 6. The number of carbonyl (C=O) groups is 2. The van der Waals surface area contributed by atoms with Gasteiger partial charge in [0.1, 0.15) is 11.6 Å². The van der Waals surface area contributed by atoms with Crippen LogP contribution in [0, 0.1) is 5.41 Å². The van der Waals surface area contributed by atoms with Gasteiger partial charge in [-0.05, 0) is 69.9 Å². The Morgan fingerprint density at radius 1 is 1.08 bits per heavy atom. The van der Waals surface area contributed by atoms with Crippen LogP contribution in [0.15, 0.2) is 24.3 Å². The van der Waals surface area contributed by atoms with Crippen molar-refractivity contribution in [3.8, 4) is 17.2 Å². The van der Waals surface area contributed by atoms with Crippen molar-refractivity contribution in [3.63, 3.8) is 0 Å². The van der Waals surface area contributed by atoms with Crippen LogP contribution < -0.4 is 9.47 Å². The van der Waals surface area contributed by atoms with Crippen molar-refractivity contribution in [3.05, 3.63) is 52.1 Å². The van der Waals surface area contributed by atoms with Crippen LogP contribution in [-0.2, 0) is 12.0 Å². The highest BCUT2D eigenvalue weighted by Gasteiger charge is 2.31. The van der Waals surface area contributed by atoms with Gasteiger partial charge in [0.25, 0.3) is 5.91 Å². The molecule has 8 nitrogen and oxygen atoms in total. The lowest BCUT2D eigenvalue weighted by Gasteiger charge is -2.24. The number of nitrogens with zero attached hydrogens (tertiary/aromatic N) is 2. The normalized spacial score (nSPS) is 13.1. The van der Waals surface area contributed by atoms with E-state index in [0.717, 1.165) is 5.56 Å². The molecule has 2 aromatic carbocycles. The summed E-state index contributed by atoms with van der Waals surface area (Å²) in [5.74, 6) is 0.673. The van der Waals surface area contributed by atoms with Gasteiger partial charge in [-0.1, -0.05) is 20.8 Å². The predicted octanol–water partition coefficient (Wildman–Crippen LogP) is 5.38. The number of ketones is 1. The highest BCUT2D eigenvalue weighted by atomic mass is 16.5. The second kappa shape index (κ2) is 11.5. The zero-order valence-corrected chi connectivity index (χ0v) is 23.9. The summed E-state index contributed by atoms with van der Waals surface area (Å²) in [4.78, 5) is 30.1. The van der Waals surface area contributed by atoms with Gasteiger partial charge in [-0.2, -0.15) is 0 Å². The standard InChI is InChI=1S/C30H41N3O5/c1-9-32(10-2)29(36)22-15-21-20(14-25(22)37-11-3)16-33(28(21)31)17-24(34)19-12-23(30(6,7)8)27(35)26(13-19)38-18(4)5/h12-15,18,31,35H,9-11,16-17H2,1-8H3. The minimum Gasteiger partial charge on any atom is -0.504 e. The lowest BCUT2D eigenvalue weighted by molar-refractivity contribution is 0.0768. The number of phenolic OH excluding ortho intramolecular Hbond substituents is 1. The number of benzene rings is 2. The van der Waals surface area contributed by atoms with Crippen molar-refractivity contribution in [2.75, 3.05) is 26.2 Å². The molecule has 8 heteroatoms. The molecule has 0 aromatic heterocycles. The molecule has 0 aliphatic carbocycles. The van der Waals surface area contributed by atoms with E-state index in [1.807, 2.05) is 61.5 Å². The van der Waals surface area contributed by atoms with E-state index in [1.54, 1.807) is 28.0 Å². The zero-order chi connectivity index (χ0) is 28.4. The Hall–Kier alpha value is -3.55. The summed E-state index contributed by atoms with van der Waals surface area (Å²) in [6, 6.07) is 6.83. The third-order valence-electron chi connectivity index (χ3n) is 6.62. The quantitative estimate of drug-likeness (QED) is 0.405. The summed E-state index contributed by atoms with van der Waals surface area (Å²) in [5, 5.41) is 19.6. The fraction of sp³-hybridized carbons (Fsp3) is 0.500. The van der Waals surface area contributed by atoms with E-state index < -0.39 is 5.41 Å². The van der Waals surface area contributed by atoms with Gasteiger partial charge < -0.3 is 24.4 Å². The maximum absolute atomic E-state index is 13.5. The van der Waals surface area contributed by atoms with Crippen molar-refractivity contribution in [1.29, 1.82) is 5.41 Å². The first-order valence-electron chi connectivity index (χ1n) is 13.3. The van der Waals surface area contributed by atoms with E-state index in [4.69, 9.17) is 14.9 Å². The molecular formula is C30H41N3O5. The van der Waals surface area contributed by atoms with Crippen LogP contribution >= 0.6 is 0 Å². The van der Waals surface area contributed by atoms with E-state index in [2.05, 4.69) is 0 Å². The smallest absolute Gasteiger partial charge is 0.257 e. The molecule has 0 spiro atoms. The molecule has 0 unspecified atom stereocenters. The summed E-state index contributed by atoms with van der Waals surface area (Å²) in [5.41, 5.74) is 2.53. The van der Waals surface area contributed by atoms with Gasteiger partial charge in [0.15, 0.2) is 17.3 Å². The molecule has 2 aromatic rings. The summed E-state index contributed by atoms with van der Waals surface area (Å²) in [7, 11) is 0. The molecule has 1 aliphatic heterocycles. The number of aromatic hydroxyl groups is 1. The van der Waals surface area contributed by atoms with Gasteiger partial charge in [0.05, 0.1) is 24.8 Å². The molecule has 1 amide bonds. The van der Waals surface area contributed by atoms with Crippen LogP contribution in [0.2, 0.25) is 0 Å². The number of amidine groups is 1. The number of amides is 1. The largest absolute Gasteiger partial charge is 0.504 e. The van der Waals surface area contributed by atoms with Crippen molar-refractivity contribution >= 4 is 17.5 Å². The average Bonchev–Trinajstić information content (AvgIpc) is 3.13. The van der Waals surface area contributed by atoms with E-state index >= 15 is 0 Å². The molecule has 1 heterocycles. The molecule has 0 radical (unpaired) electrons. The number of phenols is 1. The van der Waals surface area contributed by atoms with Crippen LogP contribution in [0.3, 0.4) is 0 Å². The van der Waals surface area contributed by atoms with Crippen LogP contribution in [0.4, 0.5) is 0 Å². The van der Waals surface area contributed by atoms with Gasteiger partial charge >= 0.3 is 0 Å². The molecule has 3 rings (SSSR count). The predicted molar refractivity (Wildman–Crippen MR) is 149 cm³/mol. The summed E-state index contributed by atoms with van der Waals surface area (Å²) in [6.07, 6.45) is -0.173. The number of ether oxygens (including phenoxy) is 2. The lowest BCUT2D eigenvalue weighted by atomic mass is 9.84. The Labute approximate surface area is 226 Å². The maximum Gasteiger partial charge on any atom is 0.257 e. The Bertz CT molecular complexity index is 1230. The number of fused-ring (bicyclic) bond motifs is 1. The van der Waals surface area contributed by atoms with Crippen molar-refractivity contribution in [2.24, 2.45) is 0 Å². The van der Waals surface area contributed by atoms with Gasteiger partial charge in [0, 0.05) is 36.3 Å². The van der Waals surface area contributed by atoms with Crippen LogP contribution in [-0.4, -0.2) is 64.8 Å². The summed E-state index contributed by atoms with van der Waals surface area (Å²) >= 11 is 0. The van der Waals surface area contributed by atoms with Crippen LogP contribution in [0.1, 0.15) is 92.8 Å². The van der Waals surface area contributed by atoms with Gasteiger partial charge in [-0.25, -0.2) is 0 Å². The fourth-order valence-electron chi connectivity index (χ4n) is 4.64. The maximum atomic E-state index is 13.5. The van der Waals surface area contributed by atoms with Crippen LogP contribution in [0.5, 0.6) is 17.2 Å². The Morgan fingerprint density at radius 3 is 2.29 bits per heavy atom. The Balaban J connectivity index is 1.93. The first kappa shape index (κ1) is 29.0. The van der Waals surface area contributed by atoms with E-state index in [1.165, 1.54) is 0 Å². The minimum absolute atomic E-state index is 0.0215. The van der Waals surface area contributed by atoms with Crippen molar-refractivity contribution in [1.82, 2.24) is 9.80 Å². The van der Waals surface area contributed by atoms with Crippen molar-refractivity contribution < 1.29 is 24.2 Å². The third-order valence-corrected chi connectivity index (χ3v) is 6.62. The second-order valence-electron chi connectivity index (χ2n) is 10.8. The molecule has 0 saturated heterocycles. The highest BCUT2D eigenvalue weighted by Crippen LogP contribution is 2.40. The molecular weight excluding hydrogens is 482 g/mol. The lowest BCUT2D eigenvalue weighted by Crippen LogP contribution is -2.31. The number of nitrogens with one attached hydrogen (secondary N) is 1. The number of hydrogen-bond donors (Lipinski definition) is 2. The van der Waals surface area contributed by atoms with E-state index in [9.17, 15) is 14.7 Å². The first-order valence-corrected chi connectivity index (χ1v) is 13.3. The molecule has 1 aliphatic rings. The van der Waals surface area contributed by atoms with Crippen LogP contribution in [0.25, 0.3) is 0 Å². The minimum atomic E-state index is -0.407. The van der Waals surface area contributed by atoms with Gasteiger partial charge in [-0.15, -0.1) is 0 Å². The average molecular weight is 524 g/mol. The first-order chi connectivity index (χ1) is 17.8. The third kappa shape index (κ3) is 5.95. The highest BCUT2D eigenvalue weighted by molar-refractivity contribution is 6.07.